The van der Waals surface area contributed by atoms with E-state index in [9.17, 15) is 0 Å². The second-order valence-corrected chi connectivity index (χ2v) is 6.35. The van der Waals surface area contributed by atoms with Crippen molar-refractivity contribution in [3.8, 4) is 5.75 Å². The number of ether oxygens (including phenoxy) is 1. The normalized spacial score (nSPS) is 14.5. The largest absolute Gasteiger partial charge is 0.493 e. The van der Waals surface area contributed by atoms with Gasteiger partial charge in [0.25, 0.3) is 0 Å². The molecule has 1 N–H and O–H groups in total. The van der Waals surface area contributed by atoms with Gasteiger partial charge in [-0.15, -0.1) is 0 Å². The van der Waals surface area contributed by atoms with Gasteiger partial charge in [0.1, 0.15) is 5.75 Å². The van der Waals surface area contributed by atoms with E-state index in [0.29, 0.717) is 6.54 Å². The highest BCUT2D eigenvalue weighted by atomic mass is 35.5. The molecule has 0 bridgehead atoms. The third-order valence-electron chi connectivity index (χ3n) is 3.82. The average Bonchev–Trinajstić information content (AvgIpc) is 3.27. The first kappa shape index (κ1) is 16.1. The summed E-state index contributed by atoms with van der Waals surface area (Å²) in [5.74, 6) is 1.59. The number of nitrogens with zero attached hydrogens (tertiary/aromatic N) is 2. The van der Waals surface area contributed by atoms with Gasteiger partial charge in [-0.3, -0.25) is 4.68 Å². The fourth-order valence-electron chi connectivity index (χ4n) is 2.28. The summed E-state index contributed by atoms with van der Waals surface area (Å²) in [6, 6.07) is 5.90. The third-order valence-corrected chi connectivity index (χ3v) is 4.18. The summed E-state index contributed by atoms with van der Waals surface area (Å²) in [6.07, 6.45) is 10.6. The van der Waals surface area contributed by atoms with Crippen LogP contribution in [-0.4, -0.2) is 30.0 Å². The Labute approximate surface area is 142 Å². The molecule has 3 rings (SSSR count). The fourth-order valence-corrected chi connectivity index (χ4v) is 2.51. The van der Waals surface area contributed by atoms with Crippen LogP contribution < -0.4 is 10.1 Å². The van der Waals surface area contributed by atoms with Gasteiger partial charge in [-0.2, -0.15) is 5.10 Å². The van der Waals surface area contributed by atoms with Crippen molar-refractivity contribution < 1.29 is 4.74 Å². The number of nitrogens with one attached hydrogen (secondary N) is 1. The van der Waals surface area contributed by atoms with Crippen LogP contribution >= 0.6 is 11.6 Å². The monoisotopic (exact) mass is 331 g/mol. The van der Waals surface area contributed by atoms with Crippen LogP contribution in [-0.2, 0) is 6.54 Å². The van der Waals surface area contributed by atoms with Crippen LogP contribution in [0.4, 0.5) is 0 Å². The molecule has 0 atom stereocenters. The average molecular weight is 332 g/mol. The first-order valence-electron chi connectivity index (χ1n) is 7.99. The predicted molar refractivity (Wildman–Crippen MR) is 94.0 cm³/mol. The molecule has 1 aromatic carbocycles. The number of hydrogen-bond donors (Lipinski definition) is 1. The lowest BCUT2D eigenvalue weighted by Gasteiger charge is -2.09. The SMILES string of the molecule is CNC/C=C/c1cnn(Cc2ccc(OCC3CC3)cc2Cl)c1. The smallest absolute Gasteiger partial charge is 0.120 e. The molecule has 0 aliphatic heterocycles. The molecule has 4 nitrogen and oxygen atoms in total. The van der Waals surface area contributed by atoms with Gasteiger partial charge in [0.05, 0.1) is 19.3 Å². The van der Waals surface area contributed by atoms with Gasteiger partial charge in [-0.25, -0.2) is 0 Å². The highest BCUT2D eigenvalue weighted by molar-refractivity contribution is 6.31. The van der Waals surface area contributed by atoms with E-state index in [-0.39, 0.29) is 0 Å². The minimum atomic E-state index is 0.654. The lowest BCUT2D eigenvalue weighted by atomic mass is 10.2. The van der Waals surface area contributed by atoms with Crippen LogP contribution in [0.25, 0.3) is 6.08 Å². The Morgan fingerprint density at radius 3 is 3.04 bits per heavy atom. The van der Waals surface area contributed by atoms with E-state index >= 15 is 0 Å². The molecule has 0 saturated heterocycles. The molecule has 5 heteroatoms. The maximum absolute atomic E-state index is 6.38. The molecule has 122 valence electrons. The summed E-state index contributed by atoms with van der Waals surface area (Å²) in [7, 11) is 1.92. The number of rotatable bonds is 8. The van der Waals surface area contributed by atoms with Crippen molar-refractivity contribution >= 4 is 17.7 Å². The van der Waals surface area contributed by atoms with E-state index < -0.39 is 0 Å². The van der Waals surface area contributed by atoms with Crippen LogP contribution in [0.2, 0.25) is 5.02 Å². The third kappa shape index (κ3) is 4.85. The molecule has 0 amide bonds. The van der Waals surface area contributed by atoms with E-state index in [1.54, 1.807) is 0 Å². The summed E-state index contributed by atoms with van der Waals surface area (Å²) >= 11 is 6.38. The highest BCUT2D eigenvalue weighted by Crippen LogP contribution is 2.30. The first-order chi connectivity index (χ1) is 11.2. The molecule has 1 aromatic heterocycles. The molecular formula is C18H22ClN3O. The molecule has 2 aromatic rings. The second-order valence-electron chi connectivity index (χ2n) is 5.94. The van der Waals surface area contributed by atoms with E-state index in [2.05, 4.69) is 22.6 Å². The summed E-state index contributed by atoms with van der Waals surface area (Å²) in [4.78, 5) is 0. The molecule has 1 aliphatic rings. The van der Waals surface area contributed by atoms with Crippen LogP contribution in [0.15, 0.2) is 36.7 Å². The molecule has 0 unspecified atom stereocenters. The zero-order chi connectivity index (χ0) is 16.1. The molecular weight excluding hydrogens is 310 g/mol. The summed E-state index contributed by atoms with van der Waals surface area (Å²) < 4.78 is 7.65. The van der Waals surface area contributed by atoms with Crippen molar-refractivity contribution in [1.82, 2.24) is 15.1 Å². The maximum atomic E-state index is 6.38. The summed E-state index contributed by atoms with van der Waals surface area (Å²) in [5, 5.41) is 8.17. The first-order valence-corrected chi connectivity index (χ1v) is 8.37. The van der Waals surface area contributed by atoms with Crippen LogP contribution in [0.5, 0.6) is 5.75 Å². The molecule has 1 fully saturated rings. The van der Waals surface area contributed by atoms with E-state index in [1.807, 2.05) is 42.3 Å². The van der Waals surface area contributed by atoms with Gasteiger partial charge in [-0.05, 0) is 43.5 Å². The Kier molecular flexibility index (Phi) is 5.36. The Balaban J connectivity index is 1.60. The van der Waals surface area contributed by atoms with Crippen LogP contribution in [0.1, 0.15) is 24.0 Å². The van der Waals surface area contributed by atoms with E-state index in [0.717, 1.165) is 41.0 Å². The summed E-state index contributed by atoms with van der Waals surface area (Å²) in [5.41, 5.74) is 2.13. The standard InChI is InChI=1S/C18H22ClN3O/c1-20-8-2-3-15-10-21-22(11-15)12-16-6-7-17(9-18(16)19)23-13-14-4-5-14/h2-3,6-7,9-11,14,20H,4-5,8,12-13H2,1H3/b3-2+. The number of likely N-dealkylation sites (N-methyl/N-ethyl adjacent to an activating group) is 1. The topological polar surface area (TPSA) is 39.1 Å². The fraction of sp³-hybridized carbons (Fsp3) is 0.389. The van der Waals surface area contributed by atoms with Gasteiger partial charge in [0, 0.05) is 23.3 Å². The van der Waals surface area contributed by atoms with Crippen molar-refractivity contribution in [3.05, 3.63) is 52.8 Å². The zero-order valence-corrected chi connectivity index (χ0v) is 14.1. The number of halogens is 1. The van der Waals surface area contributed by atoms with Crippen molar-refractivity contribution in [2.45, 2.75) is 19.4 Å². The number of aromatic nitrogens is 2. The van der Waals surface area contributed by atoms with Gasteiger partial charge in [0.2, 0.25) is 0 Å². The molecule has 1 aliphatic carbocycles. The zero-order valence-electron chi connectivity index (χ0n) is 13.3. The lowest BCUT2D eigenvalue weighted by molar-refractivity contribution is 0.299. The van der Waals surface area contributed by atoms with Gasteiger partial charge >= 0.3 is 0 Å². The molecule has 1 saturated carbocycles. The Bertz CT molecular complexity index is 677. The summed E-state index contributed by atoms with van der Waals surface area (Å²) in [6.45, 7) is 2.30. The van der Waals surface area contributed by atoms with Crippen molar-refractivity contribution in [1.29, 1.82) is 0 Å². The number of benzene rings is 1. The molecule has 1 heterocycles. The van der Waals surface area contributed by atoms with Gasteiger partial charge in [-0.1, -0.05) is 29.8 Å². The van der Waals surface area contributed by atoms with Crippen LogP contribution in [0, 0.1) is 5.92 Å². The lowest BCUT2D eigenvalue weighted by Crippen LogP contribution is -2.03. The van der Waals surface area contributed by atoms with Crippen molar-refractivity contribution in [2.75, 3.05) is 20.2 Å². The van der Waals surface area contributed by atoms with Gasteiger partial charge in [0.15, 0.2) is 0 Å². The Hall–Kier alpha value is -1.78. The Morgan fingerprint density at radius 1 is 1.43 bits per heavy atom. The van der Waals surface area contributed by atoms with Crippen molar-refractivity contribution in [3.63, 3.8) is 0 Å². The van der Waals surface area contributed by atoms with Gasteiger partial charge < -0.3 is 10.1 Å². The maximum Gasteiger partial charge on any atom is 0.120 e. The predicted octanol–water partition coefficient (Wildman–Crippen LogP) is 3.61. The van der Waals surface area contributed by atoms with E-state index in [1.165, 1.54) is 12.8 Å². The van der Waals surface area contributed by atoms with Crippen molar-refractivity contribution in [2.24, 2.45) is 5.92 Å². The minimum absolute atomic E-state index is 0.654. The second kappa shape index (κ2) is 7.66. The number of hydrogen-bond acceptors (Lipinski definition) is 3. The molecule has 0 spiro atoms. The Morgan fingerprint density at radius 2 is 2.30 bits per heavy atom. The van der Waals surface area contributed by atoms with E-state index in [4.69, 9.17) is 16.3 Å². The molecule has 23 heavy (non-hydrogen) atoms. The molecule has 0 radical (unpaired) electrons. The van der Waals surface area contributed by atoms with Crippen LogP contribution in [0.3, 0.4) is 0 Å². The highest BCUT2D eigenvalue weighted by Gasteiger charge is 2.21. The minimum Gasteiger partial charge on any atom is -0.493 e. The quantitative estimate of drug-likeness (QED) is 0.803.